The highest BCUT2D eigenvalue weighted by atomic mass is 16.5. The lowest BCUT2D eigenvalue weighted by atomic mass is 10.2. The number of carbonyl (C=O) groups excluding carboxylic acids is 1. The molecular formula is C14H17O2. The molecule has 0 fully saturated rings. The molecule has 0 amide bonds. The summed E-state index contributed by atoms with van der Waals surface area (Å²) < 4.78 is 5.57. The maximum atomic E-state index is 10.0. The van der Waals surface area contributed by atoms with Crippen LogP contribution >= 0.6 is 0 Å². The molecule has 0 heterocycles. The predicted octanol–water partition coefficient (Wildman–Crippen LogP) is 3.38. The molecule has 0 saturated carbocycles. The lowest BCUT2D eigenvalue weighted by molar-refractivity contribution is 0.306. The first-order valence-corrected chi connectivity index (χ1v) is 5.64. The van der Waals surface area contributed by atoms with Crippen LogP contribution in [0.25, 0.3) is 6.08 Å². The zero-order valence-corrected chi connectivity index (χ0v) is 9.61. The molecule has 1 radical (unpaired) electrons. The number of benzene rings is 1. The van der Waals surface area contributed by atoms with Crippen molar-refractivity contribution in [3.8, 4) is 5.75 Å². The highest BCUT2D eigenvalue weighted by molar-refractivity contribution is 5.74. The fraction of sp³-hybridized carbons (Fsp3) is 0.357. The van der Waals surface area contributed by atoms with Gasteiger partial charge in [-0.1, -0.05) is 38.0 Å². The fourth-order valence-electron chi connectivity index (χ4n) is 1.35. The highest BCUT2D eigenvalue weighted by Gasteiger charge is 1.93. The van der Waals surface area contributed by atoms with Gasteiger partial charge in [-0.15, -0.1) is 0 Å². The van der Waals surface area contributed by atoms with Crippen LogP contribution in [0.5, 0.6) is 5.75 Å². The van der Waals surface area contributed by atoms with E-state index in [1.165, 1.54) is 18.9 Å². The van der Waals surface area contributed by atoms with E-state index in [9.17, 15) is 4.79 Å². The van der Waals surface area contributed by atoms with E-state index in [4.69, 9.17) is 4.74 Å². The third-order valence-corrected chi connectivity index (χ3v) is 2.24. The van der Waals surface area contributed by atoms with Crippen molar-refractivity contribution < 1.29 is 9.53 Å². The topological polar surface area (TPSA) is 26.3 Å². The smallest absolute Gasteiger partial charge is 0.225 e. The van der Waals surface area contributed by atoms with Crippen molar-refractivity contribution in [2.45, 2.75) is 26.2 Å². The molecule has 85 valence electrons. The Bertz CT molecular complexity index is 325. The first kappa shape index (κ1) is 12.5. The molecule has 0 aromatic heterocycles. The molecule has 0 bridgehead atoms. The number of ether oxygens (including phenoxy) is 1. The van der Waals surface area contributed by atoms with Gasteiger partial charge in [-0.3, -0.25) is 4.79 Å². The second-order valence-corrected chi connectivity index (χ2v) is 3.58. The number of unbranched alkanes of at least 4 members (excludes halogenated alkanes) is 2. The Morgan fingerprint density at radius 3 is 2.62 bits per heavy atom. The minimum atomic E-state index is 0.769. The monoisotopic (exact) mass is 217 g/mol. The van der Waals surface area contributed by atoms with E-state index in [2.05, 4.69) is 6.92 Å². The fourth-order valence-corrected chi connectivity index (χ4v) is 1.35. The van der Waals surface area contributed by atoms with E-state index in [-0.39, 0.29) is 0 Å². The van der Waals surface area contributed by atoms with Crippen LogP contribution in [0.3, 0.4) is 0 Å². The molecule has 0 atom stereocenters. The molecule has 2 heteroatoms. The molecule has 1 rings (SSSR count). The zero-order chi connectivity index (χ0) is 11.6. The van der Waals surface area contributed by atoms with Crippen LogP contribution in [0.2, 0.25) is 0 Å². The van der Waals surface area contributed by atoms with Gasteiger partial charge >= 0.3 is 0 Å². The van der Waals surface area contributed by atoms with Gasteiger partial charge in [-0.2, -0.15) is 0 Å². The Kier molecular flexibility index (Phi) is 6.00. The Balaban J connectivity index is 2.39. The second kappa shape index (κ2) is 7.69. The molecule has 1 aromatic rings. The summed E-state index contributed by atoms with van der Waals surface area (Å²) in [5, 5.41) is 0. The number of allylic oxidation sites excluding steroid dienone is 1. The first-order valence-electron chi connectivity index (χ1n) is 5.64. The minimum absolute atomic E-state index is 0.769. The van der Waals surface area contributed by atoms with Crippen molar-refractivity contribution in [3.63, 3.8) is 0 Å². The van der Waals surface area contributed by atoms with Gasteiger partial charge in [0.15, 0.2) is 0 Å². The van der Waals surface area contributed by atoms with Crippen molar-refractivity contribution in [2.75, 3.05) is 6.61 Å². The average Bonchev–Trinajstić information content (AvgIpc) is 2.33. The van der Waals surface area contributed by atoms with Crippen LogP contribution in [0.1, 0.15) is 31.7 Å². The van der Waals surface area contributed by atoms with Crippen LogP contribution in [-0.4, -0.2) is 12.9 Å². The molecule has 0 aliphatic rings. The Morgan fingerprint density at radius 1 is 1.25 bits per heavy atom. The Labute approximate surface area is 96.9 Å². The third kappa shape index (κ3) is 4.78. The molecule has 0 spiro atoms. The average molecular weight is 217 g/mol. The van der Waals surface area contributed by atoms with Gasteiger partial charge in [-0.05, 0) is 30.2 Å². The predicted molar refractivity (Wildman–Crippen MR) is 66.2 cm³/mol. The quantitative estimate of drug-likeness (QED) is 0.517. The molecule has 0 N–H and O–H groups in total. The lowest BCUT2D eigenvalue weighted by Gasteiger charge is -2.05. The van der Waals surface area contributed by atoms with Gasteiger partial charge < -0.3 is 4.74 Å². The summed E-state index contributed by atoms with van der Waals surface area (Å²) in [6.07, 6.45) is 8.30. The summed E-state index contributed by atoms with van der Waals surface area (Å²) in [7, 11) is 0. The molecule has 0 aliphatic carbocycles. The van der Waals surface area contributed by atoms with E-state index in [0.29, 0.717) is 0 Å². The summed E-state index contributed by atoms with van der Waals surface area (Å²) in [5.74, 6) is 0.878. The zero-order valence-electron chi connectivity index (χ0n) is 9.61. The van der Waals surface area contributed by atoms with Crippen LogP contribution in [0.15, 0.2) is 30.3 Å². The van der Waals surface area contributed by atoms with Gasteiger partial charge in [0.05, 0.1) is 6.61 Å². The highest BCUT2D eigenvalue weighted by Crippen LogP contribution is 2.13. The van der Waals surface area contributed by atoms with Crippen LogP contribution in [-0.2, 0) is 4.79 Å². The van der Waals surface area contributed by atoms with Gasteiger partial charge in [0.25, 0.3) is 0 Å². The van der Waals surface area contributed by atoms with Crippen molar-refractivity contribution in [2.24, 2.45) is 0 Å². The minimum Gasteiger partial charge on any atom is -0.494 e. The van der Waals surface area contributed by atoms with Crippen LogP contribution in [0.4, 0.5) is 0 Å². The second-order valence-electron chi connectivity index (χ2n) is 3.58. The maximum absolute atomic E-state index is 10.0. The summed E-state index contributed by atoms with van der Waals surface area (Å²) in [6, 6.07) is 7.67. The number of hydrogen-bond acceptors (Lipinski definition) is 2. The Morgan fingerprint density at radius 2 is 2.00 bits per heavy atom. The van der Waals surface area contributed by atoms with Gasteiger partial charge in [-0.25, -0.2) is 0 Å². The molecule has 0 unspecified atom stereocenters. The van der Waals surface area contributed by atoms with E-state index in [1.807, 2.05) is 24.3 Å². The van der Waals surface area contributed by atoms with E-state index in [0.717, 1.165) is 24.3 Å². The van der Waals surface area contributed by atoms with E-state index < -0.39 is 0 Å². The molecular weight excluding hydrogens is 200 g/mol. The molecule has 2 nitrogen and oxygen atoms in total. The van der Waals surface area contributed by atoms with E-state index >= 15 is 0 Å². The number of hydrogen-bond donors (Lipinski definition) is 0. The van der Waals surface area contributed by atoms with Crippen LogP contribution in [0, 0.1) is 0 Å². The standard InChI is InChI=1S/C14H17O2/c1-2-3-4-12-16-14-9-7-13(8-10-14)6-5-11-15/h5-10H,2-4,12H2,1H3. The molecule has 0 saturated heterocycles. The summed E-state index contributed by atoms with van der Waals surface area (Å²) in [4.78, 5) is 10.0. The normalized spacial score (nSPS) is 10.6. The van der Waals surface area contributed by atoms with Crippen LogP contribution < -0.4 is 4.74 Å². The molecule has 0 aliphatic heterocycles. The molecule has 1 aromatic carbocycles. The third-order valence-electron chi connectivity index (χ3n) is 2.24. The Hall–Kier alpha value is -1.57. The van der Waals surface area contributed by atoms with Gasteiger partial charge in [0.2, 0.25) is 6.29 Å². The lowest BCUT2D eigenvalue weighted by Crippen LogP contribution is -1.96. The van der Waals surface area contributed by atoms with Gasteiger partial charge in [0.1, 0.15) is 5.75 Å². The largest absolute Gasteiger partial charge is 0.494 e. The van der Waals surface area contributed by atoms with Crippen molar-refractivity contribution in [1.82, 2.24) is 0 Å². The van der Waals surface area contributed by atoms with Gasteiger partial charge in [0, 0.05) is 0 Å². The van der Waals surface area contributed by atoms with Crippen molar-refractivity contribution in [3.05, 3.63) is 35.9 Å². The van der Waals surface area contributed by atoms with E-state index in [1.54, 1.807) is 12.4 Å². The summed E-state index contributed by atoms with van der Waals surface area (Å²) in [5.41, 5.74) is 0.976. The van der Waals surface area contributed by atoms with Crippen molar-refractivity contribution >= 4 is 12.4 Å². The van der Waals surface area contributed by atoms with Crippen molar-refractivity contribution in [1.29, 1.82) is 0 Å². The summed E-state index contributed by atoms with van der Waals surface area (Å²) in [6.45, 7) is 2.94. The first-order chi connectivity index (χ1) is 7.86. The SMILES string of the molecule is CCCCCOc1ccc(C=C[C]=O)cc1. The maximum Gasteiger partial charge on any atom is 0.225 e. The molecule has 16 heavy (non-hydrogen) atoms. The summed E-state index contributed by atoms with van der Waals surface area (Å²) >= 11 is 0. The number of rotatable bonds is 7.